The molecule has 0 aromatic heterocycles. The Bertz CT molecular complexity index is 556. The highest BCUT2D eigenvalue weighted by atomic mass is 14.9. The largest absolute Gasteiger partial charge is 0.381 e. The lowest BCUT2D eigenvalue weighted by Gasteiger charge is -2.11. The van der Waals surface area contributed by atoms with Gasteiger partial charge in [0.1, 0.15) is 0 Å². The van der Waals surface area contributed by atoms with Crippen LogP contribution in [0.1, 0.15) is 27.8 Å². The molecule has 2 aromatic rings. The first-order valence-electron chi connectivity index (χ1n) is 6.43. The first-order valence-corrected chi connectivity index (χ1v) is 6.43. The predicted molar refractivity (Wildman–Crippen MR) is 79.2 cm³/mol. The van der Waals surface area contributed by atoms with E-state index in [4.69, 9.17) is 0 Å². The molecule has 94 valence electrons. The van der Waals surface area contributed by atoms with Gasteiger partial charge in [0.15, 0.2) is 0 Å². The molecule has 2 rings (SSSR count). The predicted octanol–water partition coefficient (Wildman–Crippen LogP) is 4.53. The van der Waals surface area contributed by atoms with E-state index in [1.165, 1.54) is 33.5 Å². The molecular formula is C17H21N. The standard InChI is InChI=1S/C17H21N/c1-12-5-8-17(15(4)9-12)18-11-16-7-6-13(2)14(3)10-16/h5-10,18H,11H2,1-4H3. The molecule has 0 heterocycles. The van der Waals surface area contributed by atoms with Gasteiger partial charge in [0.05, 0.1) is 0 Å². The number of hydrogen-bond acceptors (Lipinski definition) is 1. The van der Waals surface area contributed by atoms with Gasteiger partial charge in [0.25, 0.3) is 0 Å². The Balaban J connectivity index is 2.09. The Kier molecular flexibility index (Phi) is 3.71. The maximum atomic E-state index is 3.50. The maximum absolute atomic E-state index is 3.50. The van der Waals surface area contributed by atoms with Crippen LogP contribution in [0.15, 0.2) is 36.4 Å². The van der Waals surface area contributed by atoms with Crippen molar-refractivity contribution in [3.8, 4) is 0 Å². The zero-order valence-corrected chi connectivity index (χ0v) is 11.7. The molecule has 1 heteroatoms. The van der Waals surface area contributed by atoms with Crippen molar-refractivity contribution < 1.29 is 0 Å². The quantitative estimate of drug-likeness (QED) is 0.829. The van der Waals surface area contributed by atoms with Gasteiger partial charge in [-0.2, -0.15) is 0 Å². The fraction of sp³-hybridized carbons (Fsp3) is 0.294. The van der Waals surface area contributed by atoms with Crippen LogP contribution in [0.4, 0.5) is 5.69 Å². The Morgan fingerprint density at radius 1 is 0.778 bits per heavy atom. The van der Waals surface area contributed by atoms with Crippen LogP contribution in [0.5, 0.6) is 0 Å². The minimum atomic E-state index is 0.880. The monoisotopic (exact) mass is 239 g/mol. The van der Waals surface area contributed by atoms with Crippen molar-refractivity contribution in [2.24, 2.45) is 0 Å². The average molecular weight is 239 g/mol. The van der Waals surface area contributed by atoms with Crippen molar-refractivity contribution in [3.63, 3.8) is 0 Å². The molecule has 0 saturated carbocycles. The molecule has 0 aliphatic heterocycles. The van der Waals surface area contributed by atoms with Gasteiger partial charge in [-0.05, 0) is 56.0 Å². The Morgan fingerprint density at radius 2 is 1.56 bits per heavy atom. The number of aryl methyl sites for hydroxylation is 4. The van der Waals surface area contributed by atoms with Crippen LogP contribution in [0.2, 0.25) is 0 Å². The number of anilines is 1. The van der Waals surface area contributed by atoms with Crippen LogP contribution >= 0.6 is 0 Å². The van der Waals surface area contributed by atoms with E-state index in [1.807, 2.05) is 0 Å². The SMILES string of the molecule is Cc1ccc(NCc2ccc(C)c(C)c2)c(C)c1. The van der Waals surface area contributed by atoms with Crippen molar-refractivity contribution in [2.45, 2.75) is 34.2 Å². The highest BCUT2D eigenvalue weighted by molar-refractivity contribution is 5.52. The third-order valence-electron chi connectivity index (χ3n) is 3.44. The molecule has 0 spiro atoms. The Hall–Kier alpha value is -1.76. The van der Waals surface area contributed by atoms with Crippen molar-refractivity contribution >= 4 is 5.69 Å². The van der Waals surface area contributed by atoms with Crippen LogP contribution in [0, 0.1) is 27.7 Å². The fourth-order valence-corrected chi connectivity index (χ4v) is 2.12. The van der Waals surface area contributed by atoms with Crippen LogP contribution in [0.25, 0.3) is 0 Å². The summed E-state index contributed by atoms with van der Waals surface area (Å²) in [7, 11) is 0. The molecular weight excluding hydrogens is 218 g/mol. The van der Waals surface area contributed by atoms with Gasteiger partial charge >= 0.3 is 0 Å². The summed E-state index contributed by atoms with van der Waals surface area (Å²) in [5, 5.41) is 3.50. The molecule has 1 nitrogen and oxygen atoms in total. The van der Waals surface area contributed by atoms with E-state index < -0.39 is 0 Å². The topological polar surface area (TPSA) is 12.0 Å². The van der Waals surface area contributed by atoms with E-state index in [0.29, 0.717) is 0 Å². The second kappa shape index (κ2) is 5.26. The molecule has 2 aromatic carbocycles. The zero-order valence-electron chi connectivity index (χ0n) is 11.7. The van der Waals surface area contributed by atoms with Gasteiger partial charge in [0, 0.05) is 12.2 Å². The Labute approximate surface area is 110 Å². The summed E-state index contributed by atoms with van der Waals surface area (Å²) in [5.74, 6) is 0. The van der Waals surface area contributed by atoms with Gasteiger partial charge in [0.2, 0.25) is 0 Å². The molecule has 0 amide bonds. The summed E-state index contributed by atoms with van der Waals surface area (Å²) in [6.45, 7) is 9.47. The lowest BCUT2D eigenvalue weighted by Crippen LogP contribution is -2.01. The van der Waals surface area contributed by atoms with Crippen LogP contribution in [0.3, 0.4) is 0 Å². The van der Waals surface area contributed by atoms with Gasteiger partial charge in [-0.15, -0.1) is 0 Å². The molecule has 0 unspecified atom stereocenters. The summed E-state index contributed by atoms with van der Waals surface area (Å²) >= 11 is 0. The van der Waals surface area contributed by atoms with Gasteiger partial charge in [-0.3, -0.25) is 0 Å². The van der Waals surface area contributed by atoms with E-state index in [2.05, 4.69) is 69.4 Å². The smallest absolute Gasteiger partial charge is 0.0400 e. The average Bonchev–Trinajstić information content (AvgIpc) is 2.32. The van der Waals surface area contributed by atoms with Crippen LogP contribution in [-0.2, 0) is 6.54 Å². The highest BCUT2D eigenvalue weighted by Gasteiger charge is 2.00. The summed E-state index contributed by atoms with van der Waals surface area (Å²) < 4.78 is 0. The Morgan fingerprint density at radius 3 is 2.22 bits per heavy atom. The first-order chi connectivity index (χ1) is 8.56. The summed E-state index contributed by atoms with van der Waals surface area (Å²) in [6, 6.07) is 13.2. The third kappa shape index (κ3) is 2.92. The second-order valence-corrected chi connectivity index (χ2v) is 5.09. The van der Waals surface area contributed by atoms with Crippen LogP contribution in [-0.4, -0.2) is 0 Å². The van der Waals surface area contributed by atoms with Crippen LogP contribution < -0.4 is 5.32 Å². The van der Waals surface area contributed by atoms with E-state index >= 15 is 0 Å². The van der Waals surface area contributed by atoms with Crippen molar-refractivity contribution in [2.75, 3.05) is 5.32 Å². The minimum Gasteiger partial charge on any atom is -0.381 e. The van der Waals surface area contributed by atoms with E-state index in [9.17, 15) is 0 Å². The highest BCUT2D eigenvalue weighted by Crippen LogP contribution is 2.17. The molecule has 0 saturated heterocycles. The summed E-state index contributed by atoms with van der Waals surface area (Å²) in [4.78, 5) is 0. The van der Waals surface area contributed by atoms with Crippen molar-refractivity contribution in [1.29, 1.82) is 0 Å². The first kappa shape index (κ1) is 12.7. The molecule has 0 radical (unpaired) electrons. The number of rotatable bonds is 3. The molecule has 0 aliphatic carbocycles. The molecule has 0 bridgehead atoms. The van der Waals surface area contributed by atoms with Crippen molar-refractivity contribution in [3.05, 3.63) is 64.2 Å². The van der Waals surface area contributed by atoms with E-state index in [1.54, 1.807) is 0 Å². The number of nitrogens with one attached hydrogen (secondary N) is 1. The fourth-order valence-electron chi connectivity index (χ4n) is 2.12. The van der Waals surface area contributed by atoms with E-state index in [0.717, 1.165) is 6.54 Å². The molecule has 0 fully saturated rings. The van der Waals surface area contributed by atoms with Gasteiger partial charge in [-0.25, -0.2) is 0 Å². The van der Waals surface area contributed by atoms with E-state index in [-0.39, 0.29) is 0 Å². The lowest BCUT2D eigenvalue weighted by atomic mass is 10.1. The molecule has 0 atom stereocenters. The third-order valence-corrected chi connectivity index (χ3v) is 3.44. The van der Waals surface area contributed by atoms with Gasteiger partial charge < -0.3 is 5.32 Å². The second-order valence-electron chi connectivity index (χ2n) is 5.09. The maximum Gasteiger partial charge on any atom is 0.0400 e. The molecule has 0 aliphatic rings. The minimum absolute atomic E-state index is 0.880. The number of benzene rings is 2. The molecule has 18 heavy (non-hydrogen) atoms. The zero-order chi connectivity index (χ0) is 13.1. The summed E-state index contributed by atoms with van der Waals surface area (Å²) in [6.07, 6.45) is 0. The van der Waals surface area contributed by atoms with Gasteiger partial charge in [-0.1, -0.05) is 35.9 Å². The van der Waals surface area contributed by atoms with Crippen molar-refractivity contribution in [1.82, 2.24) is 0 Å². The number of hydrogen-bond donors (Lipinski definition) is 1. The summed E-state index contributed by atoms with van der Waals surface area (Å²) in [5.41, 5.74) is 7.88. The molecule has 1 N–H and O–H groups in total. The normalized spacial score (nSPS) is 10.4. The lowest BCUT2D eigenvalue weighted by molar-refractivity contribution is 1.12.